The summed E-state index contributed by atoms with van der Waals surface area (Å²) < 4.78 is 26.6. The Balaban J connectivity index is 2.08. The van der Waals surface area contributed by atoms with Gasteiger partial charge in [0, 0.05) is 6.54 Å². The van der Waals surface area contributed by atoms with E-state index in [0.29, 0.717) is 23.6 Å². The molecule has 0 amide bonds. The Morgan fingerprint density at radius 1 is 1.44 bits per heavy atom. The number of hydrogen-bond donors (Lipinski definition) is 1. The van der Waals surface area contributed by atoms with Crippen molar-refractivity contribution in [3.05, 3.63) is 29.3 Å². The second kappa shape index (κ2) is 5.09. The molecule has 1 aromatic carbocycles. The van der Waals surface area contributed by atoms with Crippen LogP contribution in [0.5, 0.6) is 0 Å². The van der Waals surface area contributed by atoms with Gasteiger partial charge in [0.2, 0.25) is 10.0 Å². The SMILES string of the molecule is Cc1cc(S(=O)(=O)NCCC2CC2)ccc1C#N. The maximum absolute atomic E-state index is 12.0. The highest BCUT2D eigenvalue weighted by atomic mass is 32.2. The standard InChI is InChI=1S/C13H16N2O2S/c1-10-8-13(5-4-12(10)9-14)18(16,17)15-7-6-11-2-3-11/h4-5,8,11,15H,2-3,6-7H2,1H3. The molecule has 0 radical (unpaired) electrons. The Bertz CT molecular complexity index is 583. The van der Waals surface area contributed by atoms with E-state index in [4.69, 9.17) is 5.26 Å². The molecule has 4 nitrogen and oxygen atoms in total. The quantitative estimate of drug-likeness (QED) is 0.883. The van der Waals surface area contributed by atoms with Crippen LogP contribution >= 0.6 is 0 Å². The van der Waals surface area contributed by atoms with Gasteiger partial charge in [0.25, 0.3) is 0 Å². The van der Waals surface area contributed by atoms with E-state index >= 15 is 0 Å². The van der Waals surface area contributed by atoms with E-state index in [-0.39, 0.29) is 4.90 Å². The van der Waals surface area contributed by atoms with Crippen LogP contribution in [0.25, 0.3) is 0 Å². The number of benzene rings is 1. The summed E-state index contributed by atoms with van der Waals surface area (Å²) in [7, 11) is -3.44. The van der Waals surface area contributed by atoms with Crippen molar-refractivity contribution in [3.8, 4) is 6.07 Å². The molecule has 0 atom stereocenters. The van der Waals surface area contributed by atoms with Crippen LogP contribution in [0, 0.1) is 24.2 Å². The van der Waals surface area contributed by atoms with E-state index in [2.05, 4.69) is 4.72 Å². The molecule has 0 unspecified atom stereocenters. The first-order valence-corrected chi connectivity index (χ1v) is 7.51. The lowest BCUT2D eigenvalue weighted by molar-refractivity contribution is 0.575. The minimum Gasteiger partial charge on any atom is -0.211 e. The number of nitriles is 1. The molecule has 0 spiro atoms. The van der Waals surface area contributed by atoms with Gasteiger partial charge in [-0.05, 0) is 43.0 Å². The van der Waals surface area contributed by atoms with Gasteiger partial charge >= 0.3 is 0 Å². The van der Waals surface area contributed by atoms with E-state index in [1.165, 1.54) is 25.0 Å². The van der Waals surface area contributed by atoms with Gasteiger partial charge < -0.3 is 0 Å². The Morgan fingerprint density at radius 3 is 2.72 bits per heavy atom. The minimum atomic E-state index is -3.44. The van der Waals surface area contributed by atoms with Gasteiger partial charge in [-0.2, -0.15) is 5.26 Å². The van der Waals surface area contributed by atoms with E-state index in [9.17, 15) is 8.42 Å². The highest BCUT2D eigenvalue weighted by molar-refractivity contribution is 7.89. The Labute approximate surface area is 108 Å². The highest BCUT2D eigenvalue weighted by Crippen LogP contribution is 2.31. The van der Waals surface area contributed by atoms with Gasteiger partial charge in [0.15, 0.2) is 0 Å². The minimum absolute atomic E-state index is 0.231. The molecule has 96 valence electrons. The number of rotatable bonds is 5. The number of nitrogens with one attached hydrogen (secondary N) is 1. The molecule has 0 aliphatic heterocycles. The molecule has 1 aliphatic carbocycles. The molecular weight excluding hydrogens is 248 g/mol. The van der Waals surface area contributed by atoms with E-state index < -0.39 is 10.0 Å². The lowest BCUT2D eigenvalue weighted by Crippen LogP contribution is -2.25. The summed E-state index contributed by atoms with van der Waals surface area (Å²) in [4.78, 5) is 0.231. The third-order valence-electron chi connectivity index (χ3n) is 3.17. The maximum atomic E-state index is 12.0. The number of hydrogen-bond acceptors (Lipinski definition) is 3. The summed E-state index contributed by atoms with van der Waals surface area (Å²) in [6, 6.07) is 6.59. The molecule has 1 fully saturated rings. The van der Waals surface area contributed by atoms with E-state index in [0.717, 1.165) is 6.42 Å². The molecule has 1 N–H and O–H groups in total. The van der Waals surface area contributed by atoms with Crippen molar-refractivity contribution in [2.24, 2.45) is 5.92 Å². The summed E-state index contributed by atoms with van der Waals surface area (Å²) in [6.45, 7) is 2.23. The van der Waals surface area contributed by atoms with Gasteiger partial charge in [-0.1, -0.05) is 12.8 Å². The predicted molar refractivity (Wildman–Crippen MR) is 68.4 cm³/mol. The number of aryl methyl sites for hydroxylation is 1. The monoisotopic (exact) mass is 264 g/mol. The fourth-order valence-corrected chi connectivity index (χ4v) is 2.95. The molecule has 1 aliphatic rings. The summed E-state index contributed by atoms with van der Waals surface area (Å²) in [5, 5.41) is 8.81. The first-order chi connectivity index (χ1) is 8.53. The molecule has 18 heavy (non-hydrogen) atoms. The maximum Gasteiger partial charge on any atom is 0.240 e. The first-order valence-electron chi connectivity index (χ1n) is 6.03. The van der Waals surface area contributed by atoms with Gasteiger partial charge in [-0.15, -0.1) is 0 Å². The first kappa shape index (κ1) is 13.1. The lowest BCUT2D eigenvalue weighted by atomic mass is 10.1. The van der Waals surface area contributed by atoms with Crippen LogP contribution in [0.2, 0.25) is 0 Å². The van der Waals surface area contributed by atoms with Crippen LogP contribution in [0.4, 0.5) is 0 Å². The normalized spacial score (nSPS) is 15.3. The second-order valence-corrected chi connectivity index (χ2v) is 6.49. The van der Waals surface area contributed by atoms with Crippen LogP contribution in [-0.2, 0) is 10.0 Å². The molecule has 0 aromatic heterocycles. The van der Waals surface area contributed by atoms with Gasteiger partial charge in [0.1, 0.15) is 0 Å². The van der Waals surface area contributed by atoms with Crippen LogP contribution in [0.3, 0.4) is 0 Å². The zero-order chi connectivity index (χ0) is 13.2. The second-order valence-electron chi connectivity index (χ2n) is 4.72. The molecule has 0 bridgehead atoms. The molecule has 1 aromatic rings. The molecule has 0 heterocycles. The summed E-state index contributed by atoms with van der Waals surface area (Å²) in [6.07, 6.45) is 3.35. The van der Waals surface area contributed by atoms with Crippen molar-refractivity contribution >= 4 is 10.0 Å². The fourth-order valence-electron chi connectivity index (χ4n) is 1.82. The van der Waals surface area contributed by atoms with Crippen LogP contribution in [0.15, 0.2) is 23.1 Å². The van der Waals surface area contributed by atoms with Crippen LogP contribution < -0.4 is 4.72 Å². The van der Waals surface area contributed by atoms with E-state index in [1.54, 1.807) is 13.0 Å². The van der Waals surface area contributed by atoms with Crippen molar-refractivity contribution in [3.63, 3.8) is 0 Å². The average molecular weight is 264 g/mol. The largest absolute Gasteiger partial charge is 0.240 e. The molecule has 5 heteroatoms. The summed E-state index contributed by atoms with van der Waals surface area (Å²) >= 11 is 0. The smallest absolute Gasteiger partial charge is 0.211 e. The topological polar surface area (TPSA) is 70.0 Å². The molecule has 0 saturated heterocycles. The summed E-state index contributed by atoms with van der Waals surface area (Å²) in [5.41, 5.74) is 1.19. The number of sulfonamides is 1. The van der Waals surface area contributed by atoms with Gasteiger partial charge in [-0.3, -0.25) is 0 Å². The van der Waals surface area contributed by atoms with Gasteiger partial charge in [0.05, 0.1) is 16.5 Å². The Hall–Kier alpha value is -1.38. The Morgan fingerprint density at radius 2 is 2.17 bits per heavy atom. The predicted octanol–water partition coefficient (Wildman–Crippen LogP) is 1.95. The average Bonchev–Trinajstić information content (AvgIpc) is 3.12. The zero-order valence-electron chi connectivity index (χ0n) is 10.3. The van der Waals surface area contributed by atoms with Crippen molar-refractivity contribution < 1.29 is 8.42 Å². The molecule has 2 rings (SSSR count). The molecule has 1 saturated carbocycles. The van der Waals surface area contributed by atoms with Crippen LogP contribution in [-0.4, -0.2) is 15.0 Å². The third kappa shape index (κ3) is 3.09. The zero-order valence-corrected chi connectivity index (χ0v) is 11.1. The van der Waals surface area contributed by atoms with Crippen molar-refractivity contribution in [2.45, 2.75) is 31.1 Å². The number of nitrogens with zero attached hydrogens (tertiary/aromatic N) is 1. The van der Waals surface area contributed by atoms with Gasteiger partial charge in [-0.25, -0.2) is 13.1 Å². The molecular formula is C13H16N2O2S. The summed E-state index contributed by atoms with van der Waals surface area (Å²) in [5.74, 6) is 0.704. The van der Waals surface area contributed by atoms with Crippen molar-refractivity contribution in [2.75, 3.05) is 6.54 Å². The third-order valence-corrected chi connectivity index (χ3v) is 4.63. The fraction of sp³-hybridized carbons (Fsp3) is 0.462. The van der Waals surface area contributed by atoms with E-state index in [1.807, 2.05) is 6.07 Å². The van der Waals surface area contributed by atoms with Crippen LogP contribution in [0.1, 0.15) is 30.4 Å². The van der Waals surface area contributed by atoms with Crippen molar-refractivity contribution in [1.29, 1.82) is 5.26 Å². The highest BCUT2D eigenvalue weighted by Gasteiger charge is 2.22. The Kier molecular flexibility index (Phi) is 3.69. The lowest BCUT2D eigenvalue weighted by Gasteiger charge is -2.07. The van der Waals surface area contributed by atoms with Crippen molar-refractivity contribution in [1.82, 2.24) is 4.72 Å².